The number of fused-ring (bicyclic) bond motifs is 2. The summed E-state index contributed by atoms with van der Waals surface area (Å²) in [6.07, 6.45) is 8.29. The average molecular weight is 620 g/mol. The summed E-state index contributed by atoms with van der Waals surface area (Å²) in [5.74, 6) is 1.05. The van der Waals surface area contributed by atoms with Gasteiger partial charge < -0.3 is 14.5 Å². The number of aromatic nitrogens is 4. The van der Waals surface area contributed by atoms with E-state index in [1.165, 1.54) is 21.6 Å². The maximum Gasteiger partial charge on any atom is 0.224 e. The fourth-order valence-corrected chi connectivity index (χ4v) is 8.34. The summed E-state index contributed by atoms with van der Waals surface area (Å²) >= 11 is 8.19. The number of carbonyl (C=O) groups excluding carboxylic acids is 1. The van der Waals surface area contributed by atoms with Gasteiger partial charge in [0.2, 0.25) is 11.2 Å². The Morgan fingerprint density at radius 3 is 2.65 bits per heavy atom. The molecule has 3 aliphatic rings. The molecule has 1 amide bonds. The summed E-state index contributed by atoms with van der Waals surface area (Å²) in [6, 6.07) is 7.12. The van der Waals surface area contributed by atoms with Crippen molar-refractivity contribution in [2.45, 2.75) is 65.1 Å². The normalized spacial score (nSPS) is 20.1. The van der Waals surface area contributed by atoms with Crippen molar-refractivity contribution >= 4 is 50.6 Å². The van der Waals surface area contributed by atoms with Gasteiger partial charge in [0.15, 0.2) is 5.82 Å². The Labute approximate surface area is 261 Å². The maximum atomic E-state index is 12.3. The van der Waals surface area contributed by atoms with Crippen LogP contribution in [0.25, 0.3) is 21.3 Å². The van der Waals surface area contributed by atoms with E-state index in [0.29, 0.717) is 24.5 Å². The highest BCUT2D eigenvalue weighted by Gasteiger charge is 2.28. The van der Waals surface area contributed by atoms with E-state index in [9.17, 15) is 4.79 Å². The van der Waals surface area contributed by atoms with E-state index < -0.39 is 0 Å². The summed E-state index contributed by atoms with van der Waals surface area (Å²) in [5.41, 5.74) is 6.79. The van der Waals surface area contributed by atoms with Gasteiger partial charge in [0.1, 0.15) is 0 Å². The zero-order valence-electron chi connectivity index (χ0n) is 25.1. The molecule has 0 N–H and O–H groups in total. The Bertz CT molecular complexity index is 1650. The van der Waals surface area contributed by atoms with Crippen LogP contribution in [0.3, 0.4) is 0 Å². The van der Waals surface area contributed by atoms with Gasteiger partial charge in [0, 0.05) is 68.0 Å². The topological polar surface area (TPSA) is 79.6 Å². The Hall–Kier alpha value is -3.05. The standard InChI is InChI=1S/C32H38ClN7O2S/c1-20-4-5-24-16-23(6-7-27(24)40(20)22(3)41)25-17-34-39(18-25)26-8-10-37(11-9-26)19-28-21(2)29-30(43-28)31(36-32(33)35-29)38-12-14-42-15-13-38/h6-7,16-18,20,26H,4-5,8-15,19H2,1-3H3/t20-/m0/s1. The van der Waals surface area contributed by atoms with Crippen LogP contribution in [0.1, 0.15) is 55.2 Å². The van der Waals surface area contributed by atoms with Crippen molar-refractivity contribution in [2.75, 3.05) is 49.2 Å². The Morgan fingerprint density at radius 1 is 1.09 bits per heavy atom. The number of nitrogens with zero attached hydrogens (tertiary/aromatic N) is 7. The van der Waals surface area contributed by atoms with E-state index >= 15 is 0 Å². The second-order valence-corrected chi connectivity index (χ2v) is 13.5. The molecule has 3 aromatic heterocycles. The molecule has 3 aliphatic heterocycles. The number of hydrogen-bond donors (Lipinski definition) is 0. The van der Waals surface area contributed by atoms with Crippen LogP contribution in [0.15, 0.2) is 30.6 Å². The van der Waals surface area contributed by atoms with Crippen molar-refractivity contribution in [2.24, 2.45) is 0 Å². The molecule has 0 bridgehead atoms. The molecule has 43 heavy (non-hydrogen) atoms. The summed E-state index contributed by atoms with van der Waals surface area (Å²) in [4.78, 5) is 29.6. The van der Waals surface area contributed by atoms with E-state index in [4.69, 9.17) is 21.4 Å². The van der Waals surface area contributed by atoms with E-state index in [0.717, 1.165) is 85.7 Å². The number of hydrogen-bond acceptors (Lipinski definition) is 8. The number of benzene rings is 1. The highest BCUT2D eigenvalue weighted by molar-refractivity contribution is 7.19. The van der Waals surface area contributed by atoms with Crippen LogP contribution in [-0.2, 0) is 22.5 Å². The van der Waals surface area contributed by atoms with Gasteiger partial charge in [-0.2, -0.15) is 10.1 Å². The molecule has 2 fully saturated rings. The fraction of sp³-hybridized carbons (Fsp3) is 0.500. The van der Waals surface area contributed by atoms with Crippen LogP contribution in [0, 0.1) is 6.92 Å². The Kier molecular flexibility index (Phi) is 7.88. The first-order chi connectivity index (χ1) is 20.9. The van der Waals surface area contributed by atoms with Crippen molar-refractivity contribution < 1.29 is 9.53 Å². The van der Waals surface area contributed by atoms with Crippen molar-refractivity contribution in [1.29, 1.82) is 0 Å². The number of anilines is 2. The van der Waals surface area contributed by atoms with Gasteiger partial charge in [-0.1, -0.05) is 6.07 Å². The molecule has 1 atom stereocenters. The third-order valence-electron chi connectivity index (χ3n) is 9.31. The monoisotopic (exact) mass is 619 g/mol. The largest absolute Gasteiger partial charge is 0.378 e. The lowest BCUT2D eigenvalue weighted by atomic mass is 9.93. The first kappa shape index (κ1) is 28.7. The van der Waals surface area contributed by atoms with Crippen LogP contribution in [0.5, 0.6) is 0 Å². The van der Waals surface area contributed by atoms with Gasteiger partial charge in [0.25, 0.3) is 0 Å². The molecule has 0 radical (unpaired) electrons. The van der Waals surface area contributed by atoms with Crippen molar-refractivity contribution in [3.63, 3.8) is 0 Å². The van der Waals surface area contributed by atoms with Gasteiger partial charge in [-0.3, -0.25) is 14.4 Å². The molecular formula is C32H38ClN7O2S. The molecule has 1 aromatic carbocycles. The highest BCUT2D eigenvalue weighted by Crippen LogP contribution is 2.38. The number of rotatable bonds is 5. The van der Waals surface area contributed by atoms with Gasteiger partial charge in [-0.05, 0) is 80.0 Å². The van der Waals surface area contributed by atoms with Crippen LogP contribution in [0.2, 0.25) is 5.28 Å². The number of thiophene rings is 1. The number of morpholine rings is 1. The maximum absolute atomic E-state index is 12.3. The molecule has 0 saturated carbocycles. The molecule has 0 spiro atoms. The summed E-state index contributed by atoms with van der Waals surface area (Å²) in [6.45, 7) is 12.0. The Morgan fingerprint density at radius 2 is 1.88 bits per heavy atom. The SMILES string of the molecule is CC(=O)N1c2ccc(-c3cnn(C4CCN(Cc5sc6c(N7CCOCC7)nc(Cl)nc6c5C)CC4)c3)cc2CC[C@@H]1C. The van der Waals surface area contributed by atoms with E-state index in [-0.39, 0.29) is 11.9 Å². The van der Waals surface area contributed by atoms with Crippen molar-refractivity contribution in [1.82, 2.24) is 24.6 Å². The molecule has 0 unspecified atom stereocenters. The van der Waals surface area contributed by atoms with Crippen LogP contribution in [0.4, 0.5) is 11.5 Å². The molecule has 7 rings (SSSR count). The first-order valence-electron chi connectivity index (χ1n) is 15.3. The van der Waals surface area contributed by atoms with Crippen LogP contribution < -0.4 is 9.80 Å². The lowest BCUT2D eigenvalue weighted by Crippen LogP contribution is -2.40. The van der Waals surface area contributed by atoms with Gasteiger partial charge in [-0.15, -0.1) is 11.3 Å². The molecule has 0 aliphatic carbocycles. The number of aryl methyl sites for hydroxylation is 2. The lowest BCUT2D eigenvalue weighted by Gasteiger charge is -2.34. The predicted octanol–water partition coefficient (Wildman–Crippen LogP) is 5.88. The summed E-state index contributed by atoms with van der Waals surface area (Å²) in [7, 11) is 0. The zero-order chi connectivity index (χ0) is 29.7. The van der Waals surface area contributed by atoms with Gasteiger partial charge in [-0.25, -0.2) is 4.98 Å². The first-order valence-corrected chi connectivity index (χ1v) is 16.5. The van der Waals surface area contributed by atoms with Crippen LogP contribution in [-0.4, -0.2) is 76.0 Å². The average Bonchev–Trinajstić information content (AvgIpc) is 3.63. The van der Waals surface area contributed by atoms with Gasteiger partial charge in [0.05, 0.1) is 35.7 Å². The second kappa shape index (κ2) is 11.8. The molecule has 2 saturated heterocycles. The molecular weight excluding hydrogens is 582 g/mol. The van der Waals surface area contributed by atoms with Crippen molar-refractivity contribution in [3.8, 4) is 11.1 Å². The molecule has 11 heteroatoms. The number of carbonyl (C=O) groups is 1. The zero-order valence-corrected chi connectivity index (χ0v) is 26.6. The van der Waals surface area contributed by atoms with Crippen molar-refractivity contribution in [3.05, 3.63) is 51.9 Å². The number of amides is 1. The van der Waals surface area contributed by atoms with Crippen LogP contribution >= 0.6 is 22.9 Å². The number of ether oxygens (including phenoxy) is 1. The van der Waals surface area contributed by atoms with E-state index in [2.05, 4.69) is 62.7 Å². The summed E-state index contributed by atoms with van der Waals surface area (Å²) < 4.78 is 8.84. The third-order valence-corrected chi connectivity index (χ3v) is 10.7. The number of halogens is 1. The molecule has 226 valence electrons. The third kappa shape index (κ3) is 5.54. The number of piperidine rings is 1. The minimum absolute atomic E-state index is 0.110. The second-order valence-electron chi connectivity index (χ2n) is 12.1. The van der Waals surface area contributed by atoms with E-state index in [1.807, 2.05) is 22.4 Å². The lowest BCUT2D eigenvalue weighted by molar-refractivity contribution is -0.117. The fourth-order valence-electron chi connectivity index (χ4n) is 6.88. The van der Waals surface area contributed by atoms with E-state index in [1.54, 1.807) is 6.92 Å². The Balaban J connectivity index is 1.02. The quantitative estimate of drug-likeness (QED) is 0.258. The molecule has 9 nitrogen and oxygen atoms in total. The predicted molar refractivity (Wildman–Crippen MR) is 172 cm³/mol. The molecule has 6 heterocycles. The summed E-state index contributed by atoms with van der Waals surface area (Å²) in [5, 5.41) is 5.10. The highest BCUT2D eigenvalue weighted by atomic mass is 35.5. The van der Waals surface area contributed by atoms with Gasteiger partial charge >= 0.3 is 0 Å². The minimum Gasteiger partial charge on any atom is -0.378 e. The number of likely N-dealkylation sites (tertiary alicyclic amines) is 1. The minimum atomic E-state index is 0.110. The smallest absolute Gasteiger partial charge is 0.224 e. The molecule has 4 aromatic rings.